The summed E-state index contributed by atoms with van der Waals surface area (Å²) < 4.78 is 11.4. The fourth-order valence-electron chi connectivity index (χ4n) is 6.10. The fraction of sp³-hybridized carbons (Fsp3) is 0. The van der Waals surface area contributed by atoms with E-state index in [0.717, 1.165) is 27.5 Å². The minimum Gasteiger partial charge on any atom is -0.422 e. The van der Waals surface area contributed by atoms with Crippen LogP contribution < -0.4 is 0 Å². The smallest absolute Gasteiger partial charge is 0.307 e. The average molecular weight is 517 g/mol. The summed E-state index contributed by atoms with van der Waals surface area (Å²) in [6.07, 6.45) is 0. The lowest BCUT2D eigenvalue weighted by molar-refractivity contribution is 0.577. The van der Waals surface area contributed by atoms with E-state index in [0.29, 0.717) is 6.01 Å². The van der Waals surface area contributed by atoms with Crippen molar-refractivity contribution < 1.29 is 4.42 Å². The second-order valence-electron chi connectivity index (χ2n) is 10.00. The number of aromatic nitrogens is 2. The molecule has 39 heavy (non-hydrogen) atoms. The highest BCUT2D eigenvalue weighted by Crippen LogP contribution is 2.42. The van der Waals surface area contributed by atoms with Crippen molar-refractivity contribution in [3.05, 3.63) is 121 Å². The van der Waals surface area contributed by atoms with Crippen LogP contribution in [0.4, 0.5) is 0 Å². The number of hydrogen-bond donors (Lipinski definition) is 0. The van der Waals surface area contributed by atoms with Gasteiger partial charge in [-0.2, -0.15) is 4.98 Å². The molecule has 6 aromatic carbocycles. The van der Waals surface area contributed by atoms with Gasteiger partial charge in [0.05, 0.1) is 11.0 Å². The first-order valence-corrected chi connectivity index (χ1v) is 13.9. The van der Waals surface area contributed by atoms with Gasteiger partial charge in [-0.1, -0.05) is 84.9 Å². The molecule has 3 nitrogen and oxygen atoms in total. The molecule has 0 spiro atoms. The SMILES string of the molecule is c1ccc(-c2cccc3c2c2cc4ccccc4cc2n3-c2nc3ccc4sc5ccccc5c4c3o2)cc1. The van der Waals surface area contributed by atoms with Gasteiger partial charge in [0.1, 0.15) is 5.52 Å². The van der Waals surface area contributed by atoms with E-state index in [1.165, 1.54) is 47.5 Å². The van der Waals surface area contributed by atoms with Gasteiger partial charge in [0, 0.05) is 30.9 Å². The predicted molar refractivity (Wildman–Crippen MR) is 164 cm³/mol. The third-order valence-electron chi connectivity index (χ3n) is 7.82. The summed E-state index contributed by atoms with van der Waals surface area (Å²) in [7, 11) is 0. The maximum Gasteiger partial charge on any atom is 0.307 e. The first kappa shape index (κ1) is 21.1. The molecule has 0 aliphatic carbocycles. The summed E-state index contributed by atoms with van der Waals surface area (Å²) >= 11 is 1.79. The molecule has 0 atom stereocenters. The number of benzene rings is 6. The molecule has 9 aromatic rings. The monoisotopic (exact) mass is 516 g/mol. The molecular weight excluding hydrogens is 496 g/mol. The lowest BCUT2D eigenvalue weighted by Gasteiger charge is -2.05. The highest BCUT2D eigenvalue weighted by molar-refractivity contribution is 7.26. The standard InChI is InChI=1S/C35H20N2OS/c1-2-9-21(10-3-1)24-14-8-15-28-32(24)26-19-22-11-4-5-12-23(22)20-29(26)37(28)35-36-27-17-18-31-33(34(27)38-35)25-13-6-7-16-30(25)39-31/h1-20H. The molecule has 3 heterocycles. The molecule has 182 valence electrons. The van der Waals surface area contributed by atoms with E-state index in [4.69, 9.17) is 9.40 Å². The van der Waals surface area contributed by atoms with E-state index >= 15 is 0 Å². The first-order chi connectivity index (χ1) is 19.3. The molecule has 0 bridgehead atoms. The van der Waals surface area contributed by atoms with Crippen LogP contribution in [0.2, 0.25) is 0 Å². The summed E-state index contributed by atoms with van der Waals surface area (Å²) in [6.45, 7) is 0. The van der Waals surface area contributed by atoms with Crippen LogP contribution in [0.5, 0.6) is 0 Å². The molecule has 0 saturated heterocycles. The minimum atomic E-state index is 0.591. The van der Waals surface area contributed by atoms with Gasteiger partial charge in [0.25, 0.3) is 0 Å². The van der Waals surface area contributed by atoms with Crippen LogP contribution in [0.1, 0.15) is 0 Å². The quantitative estimate of drug-likeness (QED) is 0.229. The Bertz CT molecular complexity index is 2390. The average Bonchev–Trinajstić information content (AvgIpc) is 3.67. The lowest BCUT2D eigenvalue weighted by Crippen LogP contribution is -1.94. The number of nitrogens with zero attached hydrogens (tertiary/aromatic N) is 2. The molecule has 0 unspecified atom stereocenters. The highest BCUT2D eigenvalue weighted by Gasteiger charge is 2.21. The number of fused-ring (bicyclic) bond motifs is 9. The van der Waals surface area contributed by atoms with E-state index in [-0.39, 0.29) is 0 Å². The Kier molecular flexibility index (Phi) is 4.21. The Balaban J connectivity index is 1.43. The Morgan fingerprint density at radius 2 is 1.38 bits per heavy atom. The maximum absolute atomic E-state index is 6.72. The van der Waals surface area contributed by atoms with Crippen LogP contribution in [0.25, 0.3) is 81.0 Å². The van der Waals surface area contributed by atoms with Crippen LogP contribution >= 0.6 is 11.3 Å². The summed E-state index contributed by atoms with van der Waals surface area (Å²) in [6, 6.07) is 43.6. The van der Waals surface area contributed by atoms with Gasteiger partial charge in [-0.25, -0.2) is 0 Å². The van der Waals surface area contributed by atoms with Crippen LogP contribution in [-0.4, -0.2) is 9.55 Å². The molecule has 0 aliphatic heterocycles. The van der Waals surface area contributed by atoms with Crippen molar-refractivity contribution in [3.8, 4) is 17.1 Å². The highest BCUT2D eigenvalue weighted by atomic mass is 32.1. The molecule has 0 N–H and O–H groups in total. The van der Waals surface area contributed by atoms with Gasteiger partial charge >= 0.3 is 6.01 Å². The van der Waals surface area contributed by atoms with Gasteiger partial charge in [-0.3, -0.25) is 4.57 Å². The van der Waals surface area contributed by atoms with E-state index < -0.39 is 0 Å². The number of hydrogen-bond acceptors (Lipinski definition) is 3. The largest absolute Gasteiger partial charge is 0.422 e. The van der Waals surface area contributed by atoms with E-state index in [1.54, 1.807) is 11.3 Å². The molecular formula is C35H20N2OS. The van der Waals surface area contributed by atoms with Crippen molar-refractivity contribution in [2.24, 2.45) is 0 Å². The lowest BCUT2D eigenvalue weighted by atomic mass is 9.98. The third kappa shape index (κ3) is 2.95. The molecule has 9 rings (SSSR count). The first-order valence-electron chi connectivity index (χ1n) is 13.1. The van der Waals surface area contributed by atoms with Gasteiger partial charge in [0.2, 0.25) is 0 Å². The minimum absolute atomic E-state index is 0.591. The maximum atomic E-state index is 6.72. The zero-order valence-corrected chi connectivity index (χ0v) is 21.6. The predicted octanol–water partition coefficient (Wildman–Crippen LogP) is 10.1. The van der Waals surface area contributed by atoms with Crippen LogP contribution in [-0.2, 0) is 0 Å². The third-order valence-corrected chi connectivity index (χ3v) is 8.95. The van der Waals surface area contributed by atoms with E-state index in [2.05, 4.69) is 126 Å². The van der Waals surface area contributed by atoms with Gasteiger partial charge in [0.15, 0.2) is 5.58 Å². The van der Waals surface area contributed by atoms with Crippen LogP contribution in [0.3, 0.4) is 0 Å². The van der Waals surface area contributed by atoms with Crippen molar-refractivity contribution in [2.45, 2.75) is 0 Å². The second-order valence-corrected chi connectivity index (χ2v) is 11.1. The number of rotatable bonds is 2. The Labute approximate surface area is 227 Å². The Hall–Kier alpha value is -4.93. The van der Waals surface area contributed by atoms with Gasteiger partial charge in [-0.05, 0) is 58.3 Å². The summed E-state index contributed by atoms with van der Waals surface area (Å²) in [5.41, 5.74) is 6.28. The summed E-state index contributed by atoms with van der Waals surface area (Å²) in [4.78, 5) is 5.08. The van der Waals surface area contributed by atoms with E-state index in [1.807, 2.05) is 0 Å². The second kappa shape index (κ2) is 7.79. The van der Waals surface area contributed by atoms with Crippen LogP contribution in [0.15, 0.2) is 126 Å². The molecule has 0 aliphatic rings. The molecule has 3 aromatic heterocycles. The molecule has 0 amide bonds. The van der Waals surface area contributed by atoms with Crippen molar-refractivity contribution >= 4 is 75.2 Å². The number of oxazole rings is 1. The normalized spacial score (nSPS) is 12.1. The Morgan fingerprint density at radius 1 is 0.590 bits per heavy atom. The molecule has 0 fully saturated rings. The zero-order chi connectivity index (χ0) is 25.5. The summed E-state index contributed by atoms with van der Waals surface area (Å²) in [5, 5.41) is 7.16. The fourth-order valence-corrected chi connectivity index (χ4v) is 7.20. The van der Waals surface area contributed by atoms with Gasteiger partial charge < -0.3 is 4.42 Å². The van der Waals surface area contributed by atoms with Crippen molar-refractivity contribution in [3.63, 3.8) is 0 Å². The van der Waals surface area contributed by atoms with Crippen molar-refractivity contribution in [1.29, 1.82) is 0 Å². The number of thiophene rings is 1. The van der Waals surface area contributed by atoms with Crippen LogP contribution in [0, 0.1) is 0 Å². The molecule has 0 radical (unpaired) electrons. The summed E-state index contributed by atoms with van der Waals surface area (Å²) in [5.74, 6) is 0. The van der Waals surface area contributed by atoms with Crippen molar-refractivity contribution in [1.82, 2.24) is 9.55 Å². The van der Waals surface area contributed by atoms with Gasteiger partial charge in [-0.15, -0.1) is 11.3 Å². The molecule has 0 saturated carbocycles. The molecule has 4 heteroatoms. The zero-order valence-electron chi connectivity index (χ0n) is 20.8. The van der Waals surface area contributed by atoms with E-state index in [9.17, 15) is 0 Å². The Morgan fingerprint density at radius 3 is 2.28 bits per heavy atom. The van der Waals surface area contributed by atoms with Crippen molar-refractivity contribution in [2.75, 3.05) is 0 Å². The topological polar surface area (TPSA) is 31.0 Å².